The molecule has 2 aliphatic carbocycles. The second-order valence-corrected chi connectivity index (χ2v) is 5.07. The second kappa shape index (κ2) is 2.84. The zero-order valence-electron chi connectivity index (χ0n) is 8.57. The lowest BCUT2D eigenvalue weighted by Crippen LogP contribution is -2.41. The normalized spacial score (nSPS) is 22.4. The topological polar surface area (TPSA) is 37.3 Å². The Labute approximate surface area is 88.9 Å². The van der Waals surface area contributed by atoms with Gasteiger partial charge in [-0.25, -0.2) is 0 Å². The maximum atomic E-state index is 10.8. The molecule has 0 saturated heterocycles. The van der Waals surface area contributed by atoms with Gasteiger partial charge in [0.15, 0.2) is 0 Å². The van der Waals surface area contributed by atoms with Crippen molar-refractivity contribution in [3.63, 3.8) is 0 Å². The zero-order valence-corrected chi connectivity index (χ0v) is 8.57. The van der Waals surface area contributed by atoms with E-state index in [1.807, 2.05) is 0 Å². The van der Waals surface area contributed by atoms with Crippen LogP contribution in [0, 0.1) is 11.3 Å². The van der Waals surface area contributed by atoms with Crippen LogP contribution in [0.2, 0.25) is 0 Å². The molecule has 2 aliphatic rings. The summed E-state index contributed by atoms with van der Waals surface area (Å²) in [7, 11) is 0. The van der Waals surface area contributed by atoms with E-state index in [2.05, 4.69) is 24.3 Å². The molecule has 2 nitrogen and oxygen atoms in total. The highest BCUT2D eigenvalue weighted by Crippen LogP contribution is 2.54. The Morgan fingerprint density at radius 3 is 2.20 bits per heavy atom. The molecule has 0 atom stereocenters. The summed E-state index contributed by atoms with van der Waals surface area (Å²) in [4.78, 5) is 10.8. The van der Waals surface area contributed by atoms with E-state index in [-0.39, 0.29) is 5.92 Å². The standard InChI is InChI=1S/C13H14O2/c14-12(15)11-7-13(8-11)5-9-3-1-2-4-10(9)6-13/h1-4,11H,5-8H2,(H,14,15). The van der Waals surface area contributed by atoms with Crippen molar-refractivity contribution in [2.24, 2.45) is 11.3 Å². The van der Waals surface area contributed by atoms with Crippen LogP contribution in [0.25, 0.3) is 0 Å². The van der Waals surface area contributed by atoms with Gasteiger partial charge in [-0.05, 0) is 42.2 Å². The summed E-state index contributed by atoms with van der Waals surface area (Å²) in [6.45, 7) is 0. The summed E-state index contributed by atoms with van der Waals surface area (Å²) in [6.07, 6.45) is 3.92. The van der Waals surface area contributed by atoms with Crippen LogP contribution in [-0.4, -0.2) is 11.1 Å². The molecule has 1 fully saturated rings. The van der Waals surface area contributed by atoms with Gasteiger partial charge in [-0.15, -0.1) is 0 Å². The Morgan fingerprint density at radius 2 is 1.73 bits per heavy atom. The smallest absolute Gasteiger partial charge is 0.306 e. The van der Waals surface area contributed by atoms with Gasteiger partial charge < -0.3 is 5.11 Å². The number of fused-ring (bicyclic) bond motifs is 1. The molecule has 1 saturated carbocycles. The predicted molar refractivity (Wildman–Crippen MR) is 56.6 cm³/mol. The van der Waals surface area contributed by atoms with Crippen LogP contribution < -0.4 is 0 Å². The molecule has 0 radical (unpaired) electrons. The monoisotopic (exact) mass is 202 g/mol. The number of hydrogen-bond acceptors (Lipinski definition) is 1. The highest BCUT2D eigenvalue weighted by atomic mass is 16.4. The minimum atomic E-state index is -0.614. The van der Waals surface area contributed by atoms with Gasteiger partial charge in [-0.3, -0.25) is 4.79 Å². The van der Waals surface area contributed by atoms with E-state index in [1.54, 1.807) is 0 Å². The molecule has 0 unspecified atom stereocenters. The Kier molecular flexibility index (Phi) is 1.70. The maximum absolute atomic E-state index is 10.8. The molecule has 1 spiro atoms. The molecule has 0 amide bonds. The predicted octanol–water partition coefficient (Wildman–Crippen LogP) is 2.27. The van der Waals surface area contributed by atoms with Crippen molar-refractivity contribution in [1.82, 2.24) is 0 Å². The minimum absolute atomic E-state index is 0.0840. The van der Waals surface area contributed by atoms with E-state index in [9.17, 15) is 4.79 Å². The fraction of sp³-hybridized carbons (Fsp3) is 0.462. The van der Waals surface area contributed by atoms with E-state index in [1.165, 1.54) is 11.1 Å². The minimum Gasteiger partial charge on any atom is -0.481 e. The molecule has 0 heterocycles. The molecule has 1 aromatic rings. The lowest BCUT2D eigenvalue weighted by Gasteiger charge is -2.43. The maximum Gasteiger partial charge on any atom is 0.306 e. The van der Waals surface area contributed by atoms with E-state index in [0.717, 1.165) is 25.7 Å². The van der Waals surface area contributed by atoms with Crippen LogP contribution in [0.5, 0.6) is 0 Å². The summed E-state index contributed by atoms with van der Waals surface area (Å²) >= 11 is 0. The van der Waals surface area contributed by atoms with Crippen molar-refractivity contribution in [3.05, 3.63) is 35.4 Å². The van der Waals surface area contributed by atoms with E-state index >= 15 is 0 Å². The van der Waals surface area contributed by atoms with Crippen molar-refractivity contribution in [2.45, 2.75) is 25.7 Å². The summed E-state index contributed by atoms with van der Waals surface area (Å²) < 4.78 is 0. The third-order valence-electron chi connectivity index (χ3n) is 3.96. The molecule has 1 N–H and O–H groups in total. The summed E-state index contributed by atoms with van der Waals surface area (Å²) in [5.74, 6) is -0.698. The molecule has 0 bridgehead atoms. The van der Waals surface area contributed by atoms with Gasteiger partial charge >= 0.3 is 5.97 Å². The Hall–Kier alpha value is -1.31. The molecule has 3 rings (SSSR count). The molecule has 0 aromatic heterocycles. The van der Waals surface area contributed by atoms with Crippen molar-refractivity contribution in [3.8, 4) is 0 Å². The van der Waals surface area contributed by atoms with Gasteiger partial charge in [-0.2, -0.15) is 0 Å². The molecule has 0 aliphatic heterocycles. The van der Waals surface area contributed by atoms with E-state index < -0.39 is 5.97 Å². The SMILES string of the molecule is O=C(O)C1CC2(Cc3ccccc3C2)C1. The number of aliphatic carboxylic acids is 1. The number of hydrogen-bond donors (Lipinski definition) is 1. The summed E-state index contributed by atoms with van der Waals surface area (Å²) in [5.41, 5.74) is 3.16. The van der Waals surface area contributed by atoms with Crippen molar-refractivity contribution in [1.29, 1.82) is 0 Å². The Balaban J connectivity index is 1.78. The second-order valence-electron chi connectivity index (χ2n) is 5.07. The molecular formula is C13H14O2. The number of benzene rings is 1. The fourth-order valence-corrected chi connectivity index (χ4v) is 3.22. The van der Waals surface area contributed by atoms with Crippen molar-refractivity contribution >= 4 is 5.97 Å². The van der Waals surface area contributed by atoms with Crippen LogP contribution in [0.15, 0.2) is 24.3 Å². The molecule has 2 heteroatoms. The number of carboxylic acids is 1. The third-order valence-corrected chi connectivity index (χ3v) is 3.96. The molecular weight excluding hydrogens is 188 g/mol. The quantitative estimate of drug-likeness (QED) is 0.758. The van der Waals surface area contributed by atoms with Crippen molar-refractivity contribution in [2.75, 3.05) is 0 Å². The highest BCUT2D eigenvalue weighted by molar-refractivity contribution is 5.71. The van der Waals surface area contributed by atoms with Gasteiger partial charge in [0.2, 0.25) is 0 Å². The first-order chi connectivity index (χ1) is 7.19. The van der Waals surface area contributed by atoms with Gasteiger partial charge in [0.1, 0.15) is 0 Å². The average molecular weight is 202 g/mol. The van der Waals surface area contributed by atoms with Crippen LogP contribution in [0.1, 0.15) is 24.0 Å². The first-order valence-corrected chi connectivity index (χ1v) is 5.48. The molecule has 1 aromatic carbocycles. The van der Waals surface area contributed by atoms with Gasteiger partial charge in [-0.1, -0.05) is 24.3 Å². The van der Waals surface area contributed by atoms with Crippen LogP contribution in [-0.2, 0) is 17.6 Å². The van der Waals surface area contributed by atoms with E-state index in [0.29, 0.717) is 5.41 Å². The fourth-order valence-electron chi connectivity index (χ4n) is 3.22. The highest BCUT2D eigenvalue weighted by Gasteiger charge is 2.50. The lowest BCUT2D eigenvalue weighted by molar-refractivity contribution is -0.149. The summed E-state index contributed by atoms with van der Waals surface area (Å²) in [5, 5.41) is 8.89. The molecule has 15 heavy (non-hydrogen) atoms. The largest absolute Gasteiger partial charge is 0.481 e. The van der Waals surface area contributed by atoms with Crippen LogP contribution in [0.3, 0.4) is 0 Å². The van der Waals surface area contributed by atoms with Gasteiger partial charge in [0, 0.05) is 0 Å². The Morgan fingerprint density at radius 1 is 1.20 bits per heavy atom. The van der Waals surface area contributed by atoms with Gasteiger partial charge in [0.05, 0.1) is 5.92 Å². The van der Waals surface area contributed by atoms with Crippen molar-refractivity contribution < 1.29 is 9.90 Å². The zero-order chi connectivity index (χ0) is 10.5. The van der Waals surface area contributed by atoms with Crippen LogP contribution >= 0.6 is 0 Å². The molecule has 78 valence electrons. The van der Waals surface area contributed by atoms with Crippen LogP contribution in [0.4, 0.5) is 0 Å². The number of carboxylic acid groups (broad SMARTS) is 1. The first-order valence-electron chi connectivity index (χ1n) is 5.48. The average Bonchev–Trinajstić information content (AvgIpc) is 2.53. The lowest BCUT2D eigenvalue weighted by atomic mass is 9.60. The summed E-state index contributed by atoms with van der Waals surface area (Å²) in [6, 6.07) is 8.51. The third kappa shape index (κ3) is 1.28. The number of carbonyl (C=O) groups is 1. The number of rotatable bonds is 1. The van der Waals surface area contributed by atoms with E-state index in [4.69, 9.17) is 5.11 Å². The van der Waals surface area contributed by atoms with Gasteiger partial charge in [0.25, 0.3) is 0 Å². The Bertz CT molecular complexity index is 389. The first kappa shape index (κ1) is 8.96.